The lowest BCUT2D eigenvalue weighted by Crippen LogP contribution is -2.19. The Balaban J connectivity index is 2.42. The molecule has 8 heteroatoms. The number of nitrogens with one attached hydrogen (secondary N) is 1. The maximum Gasteiger partial charge on any atom is 0.261 e. The zero-order chi connectivity index (χ0) is 15.7. The van der Waals surface area contributed by atoms with E-state index in [2.05, 4.69) is 5.32 Å². The maximum atomic E-state index is 13.4. The predicted octanol–water partition coefficient (Wildman–Crippen LogP) is 4.24. The smallest absolute Gasteiger partial charge is 0.261 e. The molecule has 0 aliphatic rings. The summed E-state index contributed by atoms with van der Waals surface area (Å²) in [7, 11) is 0. The number of anilines is 1. The minimum absolute atomic E-state index is 0.157. The molecule has 2 rings (SSSR count). The molecule has 0 bridgehead atoms. The first-order chi connectivity index (χ1) is 9.82. The van der Waals surface area contributed by atoms with E-state index in [1.807, 2.05) is 22.6 Å². The lowest BCUT2D eigenvalue weighted by molar-refractivity contribution is 0.101. The SMILES string of the molecule is O=C(Nc1ccc(I)cc1)c1c(F)c(F)c(F)c(F)c1F. The van der Waals surface area contributed by atoms with E-state index in [-0.39, 0.29) is 5.69 Å². The van der Waals surface area contributed by atoms with Gasteiger partial charge in [0.05, 0.1) is 0 Å². The van der Waals surface area contributed by atoms with Gasteiger partial charge in [-0.05, 0) is 46.9 Å². The molecule has 0 atom stereocenters. The van der Waals surface area contributed by atoms with Crippen molar-refractivity contribution in [1.82, 2.24) is 0 Å². The third kappa shape index (κ3) is 2.99. The third-order valence-corrected chi connectivity index (χ3v) is 3.26. The summed E-state index contributed by atoms with van der Waals surface area (Å²) in [4.78, 5) is 11.7. The molecule has 0 aliphatic carbocycles. The largest absolute Gasteiger partial charge is 0.322 e. The molecule has 2 aromatic rings. The molecule has 21 heavy (non-hydrogen) atoms. The highest BCUT2D eigenvalue weighted by Gasteiger charge is 2.29. The number of carbonyl (C=O) groups excluding carboxylic acids is 1. The van der Waals surface area contributed by atoms with Gasteiger partial charge in [-0.25, -0.2) is 22.0 Å². The zero-order valence-corrected chi connectivity index (χ0v) is 12.1. The number of halogens is 6. The third-order valence-electron chi connectivity index (χ3n) is 2.54. The summed E-state index contributed by atoms with van der Waals surface area (Å²) in [6.45, 7) is 0. The van der Waals surface area contributed by atoms with Gasteiger partial charge in [0.25, 0.3) is 5.91 Å². The Labute approximate surface area is 129 Å². The highest BCUT2D eigenvalue weighted by molar-refractivity contribution is 14.1. The second-order valence-corrected chi connectivity index (χ2v) is 5.15. The standard InChI is InChI=1S/C13H5F5INO/c14-8-7(9(15)11(17)12(18)10(8)16)13(21)20-6-3-1-5(19)2-4-6/h1-4H,(H,20,21). The topological polar surface area (TPSA) is 29.1 Å². The highest BCUT2D eigenvalue weighted by Crippen LogP contribution is 2.24. The highest BCUT2D eigenvalue weighted by atomic mass is 127. The number of hydrogen-bond donors (Lipinski definition) is 1. The summed E-state index contributed by atoms with van der Waals surface area (Å²) in [6.07, 6.45) is 0. The summed E-state index contributed by atoms with van der Waals surface area (Å²) >= 11 is 1.99. The van der Waals surface area contributed by atoms with Gasteiger partial charge in [-0.15, -0.1) is 0 Å². The van der Waals surface area contributed by atoms with Gasteiger partial charge >= 0.3 is 0 Å². The van der Waals surface area contributed by atoms with Crippen molar-refractivity contribution in [1.29, 1.82) is 0 Å². The normalized spacial score (nSPS) is 10.6. The molecule has 0 aliphatic heterocycles. The van der Waals surface area contributed by atoms with E-state index < -0.39 is 40.6 Å². The predicted molar refractivity (Wildman–Crippen MR) is 73.3 cm³/mol. The Hall–Kier alpha value is -1.71. The van der Waals surface area contributed by atoms with Crippen LogP contribution in [0, 0.1) is 32.7 Å². The quantitative estimate of drug-likeness (QED) is 0.340. The minimum atomic E-state index is -2.31. The van der Waals surface area contributed by atoms with Crippen LogP contribution in [0.25, 0.3) is 0 Å². The van der Waals surface area contributed by atoms with E-state index in [0.717, 1.165) is 3.57 Å². The van der Waals surface area contributed by atoms with Crippen LogP contribution in [-0.4, -0.2) is 5.91 Å². The molecular weight excluding hydrogens is 408 g/mol. The Morgan fingerprint density at radius 2 is 1.24 bits per heavy atom. The average Bonchev–Trinajstić information content (AvgIpc) is 2.46. The van der Waals surface area contributed by atoms with Crippen molar-refractivity contribution < 1.29 is 26.7 Å². The van der Waals surface area contributed by atoms with Gasteiger partial charge in [0.1, 0.15) is 5.56 Å². The number of rotatable bonds is 2. The molecule has 0 heterocycles. The number of hydrogen-bond acceptors (Lipinski definition) is 1. The number of carbonyl (C=O) groups is 1. The second kappa shape index (κ2) is 5.96. The Morgan fingerprint density at radius 3 is 1.71 bits per heavy atom. The first kappa shape index (κ1) is 15.7. The fourth-order valence-electron chi connectivity index (χ4n) is 1.53. The fourth-order valence-corrected chi connectivity index (χ4v) is 1.89. The van der Waals surface area contributed by atoms with E-state index in [4.69, 9.17) is 0 Å². The molecule has 0 spiro atoms. The van der Waals surface area contributed by atoms with Crippen molar-refractivity contribution in [3.8, 4) is 0 Å². The number of benzene rings is 2. The molecule has 1 amide bonds. The summed E-state index contributed by atoms with van der Waals surface area (Å²) in [5.74, 6) is -12.4. The average molecular weight is 413 g/mol. The summed E-state index contributed by atoms with van der Waals surface area (Å²) in [5.41, 5.74) is -1.37. The fraction of sp³-hybridized carbons (Fsp3) is 0. The van der Waals surface area contributed by atoms with Gasteiger partial charge in [0.15, 0.2) is 23.3 Å². The van der Waals surface area contributed by atoms with Crippen LogP contribution in [0.15, 0.2) is 24.3 Å². The molecule has 0 radical (unpaired) electrons. The van der Waals surface area contributed by atoms with Crippen molar-refractivity contribution in [2.75, 3.05) is 5.32 Å². The van der Waals surface area contributed by atoms with Crippen LogP contribution in [0.3, 0.4) is 0 Å². The lowest BCUT2D eigenvalue weighted by Gasteiger charge is -2.09. The monoisotopic (exact) mass is 413 g/mol. The van der Waals surface area contributed by atoms with Crippen LogP contribution in [0.2, 0.25) is 0 Å². The van der Waals surface area contributed by atoms with Crippen LogP contribution < -0.4 is 5.32 Å². The molecule has 110 valence electrons. The van der Waals surface area contributed by atoms with Gasteiger partial charge in [-0.2, -0.15) is 0 Å². The van der Waals surface area contributed by atoms with Gasteiger partial charge in [0.2, 0.25) is 5.82 Å². The summed E-state index contributed by atoms with van der Waals surface area (Å²) < 4.78 is 66.6. The molecule has 2 nitrogen and oxygen atoms in total. The zero-order valence-electron chi connectivity index (χ0n) is 9.99. The van der Waals surface area contributed by atoms with E-state index in [1.165, 1.54) is 12.1 Å². The molecule has 0 saturated heterocycles. The first-order valence-corrected chi connectivity index (χ1v) is 6.49. The number of amides is 1. The molecular formula is C13H5F5INO. The first-order valence-electron chi connectivity index (χ1n) is 5.41. The summed E-state index contributed by atoms with van der Waals surface area (Å²) in [6, 6.07) is 6.03. The maximum absolute atomic E-state index is 13.4. The molecule has 0 unspecified atom stereocenters. The molecule has 2 aromatic carbocycles. The van der Waals surface area contributed by atoms with Crippen molar-refractivity contribution in [2.45, 2.75) is 0 Å². The Bertz CT molecular complexity index is 688. The van der Waals surface area contributed by atoms with E-state index in [0.29, 0.717) is 0 Å². The molecule has 0 aromatic heterocycles. The molecule has 0 fully saturated rings. The van der Waals surface area contributed by atoms with Crippen LogP contribution in [0.4, 0.5) is 27.6 Å². The molecule has 0 saturated carbocycles. The van der Waals surface area contributed by atoms with E-state index in [9.17, 15) is 26.7 Å². The van der Waals surface area contributed by atoms with Crippen molar-refractivity contribution in [3.63, 3.8) is 0 Å². The molecule has 1 N–H and O–H groups in total. The Kier molecular flexibility index (Phi) is 4.45. The second-order valence-electron chi connectivity index (χ2n) is 3.91. The van der Waals surface area contributed by atoms with Crippen LogP contribution in [-0.2, 0) is 0 Å². The van der Waals surface area contributed by atoms with Gasteiger partial charge < -0.3 is 5.32 Å². The van der Waals surface area contributed by atoms with E-state index in [1.54, 1.807) is 12.1 Å². The lowest BCUT2D eigenvalue weighted by atomic mass is 10.1. The van der Waals surface area contributed by atoms with Gasteiger partial charge in [-0.1, -0.05) is 0 Å². The Morgan fingerprint density at radius 1 is 0.810 bits per heavy atom. The van der Waals surface area contributed by atoms with Crippen molar-refractivity contribution in [3.05, 3.63) is 62.5 Å². The van der Waals surface area contributed by atoms with Crippen molar-refractivity contribution >= 4 is 34.2 Å². The van der Waals surface area contributed by atoms with Crippen LogP contribution >= 0.6 is 22.6 Å². The summed E-state index contributed by atoms with van der Waals surface area (Å²) in [5, 5.41) is 2.06. The van der Waals surface area contributed by atoms with Crippen LogP contribution in [0.1, 0.15) is 10.4 Å². The van der Waals surface area contributed by atoms with Crippen molar-refractivity contribution in [2.24, 2.45) is 0 Å². The van der Waals surface area contributed by atoms with E-state index >= 15 is 0 Å². The van der Waals surface area contributed by atoms with Gasteiger partial charge in [0, 0.05) is 9.26 Å². The van der Waals surface area contributed by atoms with Crippen LogP contribution in [0.5, 0.6) is 0 Å². The van der Waals surface area contributed by atoms with Gasteiger partial charge in [-0.3, -0.25) is 4.79 Å². The minimum Gasteiger partial charge on any atom is -0.322 e.